The monoisotopic (exact) mass is 251 g/mol. The van der Waals surface area contributed by atoms with E-state index in [0.717, 1.165) is 12.2 Å². The molecule has 2 rings (SSSR count). The molecule has 94 valence electrons. The smallest absolute Gasteiger partial charge is 0.0585 e. The Morgan fingerprint density at radius 2 is 2.29 bits per heavy atom. The van der Waals surface area contributed by atoms with Gasteiger partial charge in [0.25, 0.3) is 0 Å². The number of hydrogen-bond donors (Lipinski definition) is 2. The average molecular weight is 251 g/mol. The number of aliphatic hydroxyl groups excluding tert-OH is 1. The van der Waals surface area contributed by atoms with Crippen molar-refractivity contribution in [3.63, 3.8) is 0 Å². The number of benzene rings is 1. The molecule has 1 aliphatic carbocycles. The Morgan fingerprint density at radius 1 is 1.47 bits per heavy atom. The number of hydrogen-bond acceptors (Lipinski definition) is 3. The molecule has 1 saturated carbocycles. The Morgan fingerprint density at radius 3 is 2.94 bits per heavy atom. The first kappa shape index (κ1) is 12.9. The molecular weight excluding hydrogens is 230 g/mol. The summed E-state index contributed by atoms with van der Waals surface area (Å²) in [4.78, 5) is 1.33. The quantitative estimate of drug-likeness (QED) is 0.731. The maximum atomic E-state index is 9.27. The van der Waals surface area contributed by atoms with Gasteiger partial charge in [-0.2, -0.15) is 0 Å². The Bertz CT molecular complexity index is 352. The van der Waals surface area contributed by atoms with Crippen molar-refractivity contribution in [3.8, 4) is 0 Å². The molecule has 2 N–H and O–H groups in total. The summed E-state index contributed by atoms with van der Waals surface area (Å²) in [6.07, 6.45) is 3.59. The van der Waals surface area contributed by atoms with Gasteiger partial charge in [0.1, 0.15) is 0 Å². The highest BCUT2D eigenvalue weighted by Crippen LogP contribution is 2.22. The molecule has 0 spiro atoms. The molecule has 2 nitrogen and oxygen atoms in total. The third-order valence-corrected chi connectivity index (χ3v) is 4.02. The highest BCUT2D eigenvalue weighted by molar-refractivity contribution is 7.99. The van der Waals surface area contributed by atoms with E-state index < -0.39 is 0 Å². The van der Waals surface area contributed by atoms with Crippen molar-refractivity contribution < 1.29 is 5.11 Å². The predicted octanol–water partition coefficient (Wildman–Crippen LogP) is 2.59. The van der Waals surface area contributed by atoms with E-state index in [-0.39, 0.29) is 12.6 Å². The van der Waals surface area contributed by atoms with Gasteiger partial charge in [-0.1, -0.05) is 17.7 Å². The zero-order valence-electron chi connectivity index (χ0n) is 10.4. The van der Waals surface area contributed by atoms with E-state index in [0.29, 0.717) is 6.04 Å². The van der Waals surface area contributed by atoms with E-state index in [1.54, 1.807) is 0 Å². The third kappa shape index (κ3) is 4.70. The third-order valence-electron chi connectivity index (χ3n) is 2.99. The first-order valence-electron chi connectivity index (χ1n) is 6.34. The summed E-state index contributed by atoms with van der Waals surface area (Å²) in [7, 11) is 0. The van der Waals surface area contributed by atoms with E-state index in [2.05, 4.69) is 36.5 Å². The van der Waals surface area contributed by atoms with Crippen LogP contribution in [0.15, 0.2) is 29.2 Å². The number of thioether (sulfide) groups is 1. The van der Waals surface area contributed by atoms with Gasteiger partial charge in [-0.15, -0.1) is 11.8 Å². The van der Waals surface area contributed by atoms with E-state index in [9.17, 15) is 5.11 Å². The normalized spacial score (nSPS) is 17.1. The number of aliphatic hydroxyl groups is 1. The summed E-state index contributed by atoms with van der Waals surface area (Å²) < 4.78 is 0. The molecule has 0 aliphatic heterocycles. The molecule has 1 fully saturated rings. The van der Waals surface area contributed by atoms with Crippen LogP contribution in [0.5, 0.6) is 0 Å². The van der Waals surface area contributed by atoms with Gasteiger partial charge in [0, 0.05) is 17.0 Å². The van der Waals surface area contributed by atoms with Crippen LogP contribution in [0.25, 0.3) is 0 Å². The highest BCUT2D eigenvalue weighted by Gasteiger charge is 2.23. The van der Waals surface area contributed by atoms with Crippen LogP contribution in [0.3, 0.4) is 0 Å². The molecule has 0 radical (unpaired) electrons. The Labute approximate surface area is 108 Å². The lowest BCUT2D eigenvalue weighted by atomic mass is 10.2. The maximum Gasteiger partial charge on any atom is 0.0585 e. The summed E-state index contributed by atoms with van der Waals surface area (Å²) in [5.41, 5.74) is 1.31. The van der Waals surface area contributed by atoms with E-state index >= 15 is 0 Å². The van der Waals surface area contributed by atoms with Crippen molar-refractivity contribution >= 4 is 11.8 Å². The molecule has 1 aliphatic rings. The Hall–Kier alpha value is -0.510. The summed E-state index contributed by atoms with van der Waals surface area (Å²) in [5, 5.41) is 12.7. The van der Waals surface area contributed by atoms with Crippen molar-refractivity contribution in [3.05, 3.63) is 29.8 Å². The topological polar surface area (TPSA) is 32.3 Å². The van der Waals surface area contributed by atoms with Crippen LogP contribution < -0.4 is 5.32 Å². The SMILES string of the molecule is Cc1cccc(SCCC(CO)NC2CC2)c1. The van der Waals surface area contributed by atoms with Crippen molar-refractivity contribution in [2.75, 3.05) is 12.4 Å². The highest BCUT2D eigenvalue weighted by atomic mass is 32.2. The van der Waals surface area contributed by atoms with Gasteiger partial charge in [-0.3, -0.25) is 0 Å². The lowest BCUT2D eigenvalue weighted by Gasteiger charge is -2.15. The molecule has 0 aromatic heterocycles. The fourth-order valence-electron chi connectivity index (χ4n) is 1.83. The van der Waals surface area contributed by atoms with Crippen LogP contribution in [0.1, 0.15) is 24.8 Å². The standard InChI is InChI=1S/C14H21NOS/c1-11-3-2-4-14(9-11)17-8-7-13(10-16)15-12-5-6-12/h2-4,9,12-13,15-16H,5-8,10H2,1H3. The number of rotatable bonds is 7. The van der Waals surface area contributed by atoms with E-state index in [1.165, 1.54) is 23.3 Å². The molecule has 0 saturated heterocycles. The minimum absolute atomic E-state index is 0.255. The molecule has 1 aromatic rings. The van der Waals surface area contributed by atoms with Gasteiger partial charge in [-0.05, 0) is 44.1 Å². The maximum absolute atomic E-state index is 9.27. The van der Waals surface area contributed by atoms with Crippen LogP contribution in [-0.2, 0) is 0 Å². The molecule has 1 atom stereocenters. The Balaban J connectivity index is 1.70. The summed E-state index contributed by atoms with van der Waals surface area (Å²) in [6.45, 7) is 2.38. The largest absolute Gasteiger partial charge is 0.395 e. The summed E-state index contributed by atoms with van der Waals surface area (Å²) in [6, 6.07) is 9.54. The van der Waals surface area contributed by atoms with Crippen LogP contribution >= 0.6 is 11.8 Å². The second kappa shape index (κ2) is 6.43. The molecule has 3 heteroatoms. The van der Waals surface area contributed by atoms with Gasteiger partial charge >= 0.3 is 0 Å². The average Bonchev–Trinajstić information content (AvgIpc) is 3.12. The van der Waals surface area contributed by atoms with Crippen LogP contribution in [0.4, 0.5) is 0 Å². The minimum atomic E-state index is 0.255. The molecular formula is C14H21NOS. The van der Waals surface area contributed by atoms with Gasteiger partial charge in [0.2, 0.25) is 0 Å². The number of nitrogens with one attached hydrogen (secondary N) is 1. The van der Waals surface area contributed by atoms with E-state index in [4.69, 9.17) is 0 Å². The van der Waals surface area contributed by atoms with Crippen molar-refractivity contribution in [2.45, 2.75) is 43.2 Å². The van der Waals surface area contributed by atoms with Gasteiger partial charge < -0.3 is 10.4 Å². The minimum Gasteiger partial charge on any atom is -0.395 e. The van der Waals surface area contributed by atoms with Gasteiger partial charge in [0.05, 0.1) is 6.61 Å². The van der Waals surface area contributed by atoms with Crippen molar-refractivity contribution in [2.24, 2.45) is 0 Å². The zero-order chi connectivity index (χ0) is 12.1. The predicted molar refractivity (Wildman–Crippen MR) is 73.6 cm³/mol. The summed E-state index contributed by atoms with van der Waals surface area (Å²) in [5.74, 6) is 1.06. The van der Waals surface area contributed by atoms with Gasteiger partial charge in [-0.25, -0.2) is 0 Å². The second-order valence-corrected chi connectivity index (χ2v) is 5.94. The fourth-order valence-corrected chi connectivity index (χ4v) is 2.92. The molecule has 0 bridgehead atoms. The lowest BCUT2D eigenvalue weighted by Crippen LogP contribution is -2.34. The lowest BCUT2D eigenvalue weighted by molar-refractivity contribution is 0.239. The fraction of sp³-hybridized carbons (Fsp3) is 0.571. The summed E-state index contributed by atoms with van der Waals surface area (Å²) >= 11 is 1.87. The Kier molecular flexibility index (Phi) is 4.89. The van der Waals surface area contributed by atoms with Crippen LogP contribution in [0, 0.1) is 6.92 Å². The zero-order valence-corrected chi connectivity index (χ0v) is 11.2. The van der Waals surface area contributed by atoms with E-state index in [1.807, 2.05) is 11.8 Å². The van der Waals surface area contributed by atoms with Gasteiger partial charge in [0.15, 0.2) is 0 Å². The second-order valence-electron chi connectivity index (χ2n) is 4.77. The van der Waals surface area contributed by atoms with Crippen LogP contribution in [-0.4, -0.2) is 29.5 Å². The molecule has 1 aromatic carbocycles. The number of aryl methyl sites for hydroxylation is 1. The molecule has 0 heterocycles. The first-order chi connectivity index (χ1) is 8.28. The molecule has 0 amide bonds. The molecule has 17 heavy (non-hydrogen) atoms. The van der Waals surface area contributed by atoms with Crippen LogP contribution in [0.2, 0.25) is 0 Å². The van der Waals surface area contributed by atoms with Crippen molar-refractivity contribution in [1.29, 1.82) is 0 Å². The molecule has 1 unspecified atom stereocenters. The van der Waals surface area contributed by atoms with Crippen molar-refractivity contribution in [1.82, 2.24) is 5.32 Å². The first-order valence-corrected chi connectivity index (χ1v) is 7.33.